The van der Waals surface area contributed by atoms with Gasteiger partial charge in [0, 0.05) is 31.3 Å². The molecule has 0 spiro atoms. The Hall–Kier alpha value is -2.29. The summed E-state index contributed by atoms with van der Waals surface area (Å²) in [6.07, 6.45) is 1.51. The summed E-state index contributed by atoms with van der Waals surface area (Å²) in [6, 6.07) is 2.77. The molecule has 1 aliphatic rings. The molecule has 9 heteroatoms. The van der Waals surface area contributed by atoms with Crippen molar-refractivity contribution in [3.8, 4) is 0 Å². The highest BCUT2D eigenvalue weighted by Crippen LogP contribution is 2.26. The fourth-order valence-electron chi connectivity index (χ4n) is 2.50. The standard InChI is InChI=1S/C15H19N3O5S/c1-15(2,3)23-14(19)17-8-6-10(9-17)13(24-22)12-11(18(20)21)5-4-7-16-12/h4-5,7,10H,6,8-9H2,1-3H3. The van der Waals surface area contributed by atoms with Gasteiger partial charge in [0.25, 0.3) is 5.69 Å². The van der Waals surface area contributed by atoms with E-state index in [1.54, 1.807) is 20.8 Å². The first-order chi connectivity index (χ1) is 11.2. The number of carbonyl (C=O) groups is 1. The Morgan fingerprint density at radius 3 is 2.79 bits per heavy atom. The maximum Gasteiger partial charge on any atom is 0.410 e. The molecule has 0 aromatic carbocycles. The summed E-state index contributed by atoms with van der Waals surface area (Å²) < 4.78 is 16.9. The third-order valence-electron chi connectivity index (χ3n) is 3.52. The average Bonchev–Trinajstić information content (AvgIpc) is 2.96. The summed E-state index contributed by atoms with van der Waals surface area (Å²) in [5.74, 6) is -0.284. The van der Waals surface area contributed by atoms with Crippen LogP contribution in [0.25, 0.3) is 0 Å². The van der Waals surface area contributed by atoms with Gasteiger partial charge in [0.15, 0.2) is 5.69 Å². The summed E-state index contributed by atoms with van der Waals surface area (Å²) >= 11 is 0.200. The molecule has 0 aliphatic carbocycles. The number of hydrogen-bond donors (Lipinski definition) is 0. The SMILES string of the molecule is CC(C)(C)OC(=O)N1CCC(C(=S=O)c2ncccc2[N+](=O)[O-])C1. The molecule has 130 valence electrons. The van der Waals surface area contributed by atoms with Crippen LogP contribution in [0.5, 0.6) is 0 Å². The van der Waals surface area contributed by atoms with E-state index in [-0.39, 0.29) is 40.0 Å². The van der Waals surface area contributed by atoms with Gasteiger partial charge in [0.1, 0.15) is 5.60 Å². The van der Waals surface area contributed by atoms with Crippen molar-refractivity contribution >= 4 is 27.9 Å². The van der Waals surface area contributed by atoms with Crippen molar-refractivity contribution in [1.29, 1.82) is 0 Å². The molecular weight excluding hydrogens is 334 g/mol. The van der Waals surface area contributed by atoms with Gasteiger partial charge >= 0.3 is 6.09 Å². The molecule has 1 aliphatic heterocycles. The smallest absolute Gasteiger partial charge is 0.410 e. The van der Waals surface area contributed by atoms with Crippen molar-refractivity contribution < 1.29 is 18.7 Å². The molecule has 1 aromatic rings. The Balaban J connectivity index is 2.19. The lowest BCUT2D eigenvalue weighted by atomic mass is 10.0. The fraction of sp³-hybridized carbons (Fsp3) is 0.533. The van der Waals surface area contributed by atoms with Crippen LogP contribution < -0.4 is 0 Å². The van der Waals surface area contributed by atoms with E-state index in [0.717, 1.165) is 0 Å². The molecule has 2 rings (SSSR count). The third kappa shape index (κ3) is 4.16. The highest BCUT2D eigenvalue weighted by Gasteiger charge is 2.35. The van der Waals surface area contributed by atoms with Crippen LogP contribution in [0.2, 0.25) is 0 Å². The van der Waals surface area contributed by atoms with E-state index in [9.17, 15) is 19.1 Å². The number of amides is 1. The van der Waals surface area contributed by atoms with E-state index < -0.39 is 16.6 Å². The van der Waals surface area contributed by atoms with E-state index in [2.05, 4.69) is 4.98 Å². The average molecular weight is 353 g/mol. The van der Waals surface area contributed by atoms with E-state index in [0.29, 0.717) is 13.0 Å². The molecule has 0 saturated carbocycles. The second-order valence-electron chi connectivity index (χ2n) is 6.49. The van der Waals surface area contributed by atoms with Crippen LogP contribution in [0.1, 0.15) is 32.9 Å². The second-order valence-corrected chi connectivity index (χ2v) is 7.09. The molecule has 1 amide bonds. The van der Waals surface area contributed by atoms with Gasteiger partial charge in [0.2, 0.25) is 0 Å². The van der Waals surface area contributed by atoms with Crippen LogP contribution in [0.15, 0.2) is 18.3 Å². The zero-order chi connectivity index (χ0) is 17.9. The van der Waals surface area contributed by atoms with Crippen LogP contribution in [-0.4, -0.2) is 48.7 Å². The molecule has 1 atom stereocenters. The number of rotatable bonds is 3. The lowest BCUT2D eigenvalue weighted by molar-refractivity contribution is -0.385. The summed E-state index contributed by atoms with van der Waals surface area (Å²) in [6.45, 7) is 6.06. The van der Waals surface area contributed by atoms with Gasteiger partial charge in [-0.1, -0.05) is 0 Å². The lowest BCUT2D eigenvalue weighted by Gasteiger charge is -2.24. The minimum atomic E-state index is -0.602. The zero-order valence-electron chi connectivity index (χ0n) is 13.7. The molecule has 8 nitrogen and oxygen atoms in total. The molecular formula is C15H19N3O5S. The Labute approximate surface area is 143 Å². The largest absolute Gasteiger partial charge is 0.444 e. The number of pyridine rings is 1. The predicted octanol–water partition coefficient (Wildman–Crippen LogP) is 1.98. The Bertz CT molecular complexity index is 709. The number of aromatic nitrogens is 1. The number of likely N-dealkylation sites (tertiary alicyclic amines) is 1. The van der Waals surface area contributed by atoms with Gasteiger partial charge in [-0.3, -0.25) is 10.1 Å². The molecule has 0 radical (unpaired) electrons. The van der Waals surface area contributed by atoms with Gasteiger partial charge < -0.3 is 9.64 Å². The van der Waals surface area contributed by atoms with Gasteiger partial charge in [-0.05, 0) is 33.3 Å². The number of nitrogens with zero attached hydrogens (tertiary/aromatic N) is 3. The van der Waals surface area contributed by atoms with Crippen molar-refractivity contribution in [1.82, 2.24) is 9.88 Å². The third-order valence-corrected chi connectivity index (χ3v) is 4.22. The van der Waals surface area contributed by atoms with Crippen LogP contribution in [0.4, 0.5) is 10.5 Å². The van der Waals surface area contributed by atoms with Crippen LogP contribution in [0.3, 0.4) is 0 Å². The first-order valence-corrected chi connectivity index (χ1v) is 8.21. The number of carbonyl (C=O) groups excluding carboxylic acids is 1. The van der Waals surface area contributed by atoms with Crippen molar-refractivity contribution in [2.45, 2.75) is 32.8 Å². The van der Waals surface area contributed by atoms with Gasteiger partial charge in [-0.15, -0.1) is 0 Å². The molecule has 0 N–H and O–H groups in total. The molecule has 1 unspecified atom stereocenters. The van der Waals surface area contributed by atoms with Crippen LogP contribution in [0, 0.1) is 16.0 Å². The highest BCUT2D eigenvalue weighted by atomic mass is 32.1. The number of hydrogen-bond acceptors (Lipinski definition) is 6. The highest BCUT2D eigenvalue weighted by molar-refractivity contribution is 7.67. The quantitative estimate of drug-likeness (QED) is 0.356. The summed E-state index contributed by atoms with van der Waals surface area (Å²) in [4.78, 5) is 28.5. The number of ether oxygens (including phenoxy) is 1. The predicted molar refractivity (Wildman–Crippen MR) is 89.1 cm³/mol. The lowest BCUT2D eigenvalue weighted by Crippen LogP contribution is -2.36. The molecule has 1 aromatic heterocycles. The maximum absolute atomic E-state index is 12.1. The van der Waals surface area contributed by atoms with Gasteiger partial charge in [0.05, 0.1) is 21.0 Å². The fourth-order valence-corrected chi connectivity index (χ4v) is 3.07. The first kappa shape index (κ1) is 18.1. The minimum absolute atomic E-state index is 0.0820. The summed E-state index contributed by atoms with van der Waals surface area (Å²) in [5, 5.41) is 11.1. The van der Waals surface area contributed by atoms with Crippen molar-refractivity contribution in [3.05, 3.63) is 34.1 Å². The Morgan fingerprint density at radius 1 is 1.50 bits per heavy atom. The molecule has 1 saturated heterocycles. The van der Waals surface area contributed by atoms with E-state index >= 15 is 0 Å². The molecule has 1 fully saturated rings. The topological polar surface area (TPSA) is 103 Å². The number of nitro groups is 1. The molecule has 24 heavy (non-hydrogen) atoms. The molecule has 0 bridgehead atoms. The van der Waals surface area contributed by atoms with E-state index in [1.165, 1.54) is 23.2 Å². The van der Waals surface area contributed by atoms with Crippen molar-refractivity contribution in [2.24, 2.45) is 5.92 Å². The summed E-state index contributed by atoms with van der Waals surface area (Å²) in [7, 11) is 0. The van der Waals surface area contributed by atoms with E-state index in [1.807, 2.05) is 0 Å². The van der Waals surface area contributed by atoms with Gasteiger partial charge in [-0.25, -0.2) is 14.0 Å². The molecule has 2 heterocycles. The first-order valence-electron chi connectivity index (χ1n) is 7.47. The Morgan fingerprint density at radius 2 is 2.21 bits per heavy atom. The monoisotopic (exact) mass is 353 g/mol. The Kier molecular flexibility index (Phi) is 5.33. The minimum Gasteiger partial charge on any atom is -0.444 e. The van der Waals surface area contributed by atoms with Crippen molar-refractivity contribution in [2.75, 3.05) is 13.1 Å². The van der Waals surface area contributed by atoms with Crippen molar-refractivity contribution in [3.63, 3.8) is 0 Å². The maximum atomic E-state index is 12.1. The van der Waals surface area contributed by atoms with E-state index in [4.69, 9.17) is 4.74 Å². The normalized spacial score (nSPS) is 17.5. The second kappa shape index (κ2) is 7.08. The zero-order valence-corrected chi connectivity index (χ0v) is 14.5. The van der Waals surface area contributed by atoms with Gasteiger partial charge in [-0.2, -0.15) is 0 Å². The summed E-state index contributed by atoms with van der Waals surface area (Å²) in [5.41, 5.74) is -0.723. The van der Waals surface area contributed by atoms with Crippen LogP contribution >= 0.6 is 0 Å². The van der Waals surface area contributed by atoms with Crippen LogP contribution in [-0.2, 0) is 16.0 Å².